The average Bonchev–Trinajstić information content (AvgIpc) is 2.55. The number of aryl methyl sites for hydroxylation is 1. The second-order valence-corrected chi connectivity index (χ2v) is 6.94. The van der Waals surface area contributed by atoms with E-state index in [0.29, 0.717) is 11.3 Å². The smallest absolute Gasteiger partial charge is 0.274 e. The Hall–Kier alpha value is -2.38. The maximum Gasteiger partial charge on any atom is 0.274 e. The van der Waals surface area contributed by atoms with E-state index in [0.717, 1.165) is 5.56 Å². The van der Waals surface area contributed by atoms with Gasteiger partial charge in [0.15, 0.2) is 0 Å². The molecular formula is C16H18N2O4S. The number of anilines is 1. The van der Waals surface area contributed by atoms with Crippen molar-refractivity contribution in [3.8, 4) is 0 Å². The van der Waals surface area contributed by atoms with Crippen molar-refractivity contribution in [1.82, 2.24) is 5.48 Å². The molecule has 2 aromatic rings. The van der Waals surface area contributed by atoms with Gasteiger partial charge in [0, 0.05) is 12.6 Å². The predicted molar refractivity (Wildman–Crippen MR) is 87.7 cm³/mol. The van der Waals surface area contributed by atoms with Crippen LogP contribution >= 0.6 is 0 Å². The number of carbonyl (C=O) groups is 1. The molecule has 1 N–H and O–H groups in total. The molecular weight excluding hydrogens is 316 g/mol. The SMILES string of the molecule is CONC(=O)c1ccc(N(C)S(=O)(=O)c2ccc(C)cc2)cc1. The third-order valence-corrected chi connectivity index (χ3v) is 5.17. The van der Waals surface area contributed by atoms with Gasteiger partial charge >= 0.3 is 0 Å². The topological polar surface area (TPSA) is 75.7 Å². The lowest BCUT2D eigenvalue weighted by atomic mass is 10.2. The quantitative estimate of drug-likeness (QED) is 0.850. The fourth-order valence-electron chi connectivity index (χ4n) is 1.98. The Kier molecular flexibility index (Phi) is 5.02. The molecule has 0 aliphatic rings. The number of amides is 1. The van der Waals surface area contributed by atoms with Crippen LogP contribution in [0.2, 0.25) is 0 Å². The molecule has 2 aromatic carbocycles. The van der Waals surface area contributed by atoms with Crippen molar-refractivity contribution in [3.63, 3.8) is 0 Å². The van der Waals surface area contributed by atoms with Gasteiger partial charge in [-0.2, -0.15) is 0 Å². The minimum Gasteiger partial charge on any atom is -0.277 e. The van der Waals surface area contributed by atoms with Crippen LogP contribution < -0.4 is 9.79 Å². The fourth-order valence-corrected chi connectivity index (χ4v) is 3.18. The van der Waals surface area contributed by atoms with E-state index in [-0.39, 0.29) is 4.90 Å². The average molecular weight is 334 g/mol. The fraction of sp³-hybridized carbons (Fsp3) is 0.188. The Morgan fingerprint density at radius 2 is 1.61 bits per heavy atom. The molecule has 0 saturated carbocycles. The zero-order valence-corrected chi connectivity index (χ0v) is 13.9. The molecule has 0 aliphatic carbocycles. The number of carbonyl (C=O) groups excluding carboxylic acids is 1. The lowest BCUT2D eigenvalue weighted by molar-refractivity contribution is 0.0537. The summed E-state index contributed by atoms with van der Waals surface area (Å²) >= 11 is 0. The van der Waals surface area contributed by atoms with Crippen LogP contribution in [0.5, 0.6) is 0 Å². The molecule has 0 aromatic heterocycles. The molecule has 0 atom stereocenters. The van der Waals surface area contributed by atoms with Crippen molar-refractivity contribution in [2.24, 2.45) is 0 Å². The van der Waals surface area contributed by atoms with Crippen LogP contribution in [-0.2, 0) is 14.9 Å². The van der Waals surface area contributed by atoms with Crippen LogP contribution in [0.25, 0.3) is 0 Å². The van der Waals surface area contributed by atoms with Gasteiger partial charge in [-0.1, -0.05) is 17.7 Å². The molecule has 2 rings (SSSR count). The highest BCUT2D eigenvalue weighted by Gasteiger charge is 2.21. The van der Waals surface area contributed by atoms with E-state index in [9.17, 15) is 13.2 Å². The lowest BCUT2D eigenvalue weighted by Gasteiger charge is -2.19. The van der Waals surface area contributed by atoms with Gasteiger partial charge in [-0.25, -0.2) is 13.9 Å². The number of nitrogens with zero attached hydrogens (tertiary/aromatic N) is 1. The highest BCUT2D eigenvalue weighted by Crippen LogP contribution is 2.22. The van der Waals surface area contributed by atoms with E-state index in [1.165, 1.54) is 30.6 Å². The number of sulfonamides is 1. The van der Waals surface area contributed by atoms with Gasteiger partial charge < -0.3 is 0 Å². The number of hydrogen-bond acceptors (Lipinski definition) is 4. The Balaban J connectivity index is 2.27. The summed E-state index contributed by atoms with van der Waals surface area (Å²) in [4.78, 5) is 16.4. The summed E-state index contributed by atoms with van der Waals surface area (Å²) in [7, 11) is -0.831. The first kappa shape index (κ1) is 17.0. The summed E-state index contributed by atoms with van der Waals surface area (Å²) in [5, 5.41) is 0. The van der Waals surface area contributed by atoms with Crippen LogP contribution in [0, 0.1) is 6.92 Å². The van der Waals surface area contributed by atoms with Crippen LogP contribution in [0.4, 0.5) is 5.69 Å². The molecule has 6 nitrogen and oxygen atoms in total. The molecule has 0 bridgehead atoms. The van der Waals surface area contributed by atoms with Gasteiger partial charge in [-0.15, -0.1) is 0 Å². The molecule has 7 heteroatoms. The molecule has 1 amide bonds. The zero-order chi connectivity index (χ0) is 17.0. The summed E-state index contributed by atoms with van der Waals surface area (Å²) in [6.07, 6.45) is 0. The summed E-state index contributed by atoms with van der Waals surface area (Å²) in [6, 6.07) is 12.8. The Labute approximate surface area is 135 Å². The third-order valence-electron chi connectivity index (χ3n) is 3.37. The largest absolute Gasteiger partial charge is 0.277 e. The van der Waals surface area contributed by atoms with Crippen molar-refractivity contribution in [2.75, 3.05) is 18.5 Å². The number of rotatable bonds is 5. The van der Waals surface area contributed by atoms with Crippen molar-refractivity contribution < 1.29 is 18.0 Å². The summed E-state index contributed by atoms with van der Waals surface area (Å²) in [6.45, 7) is 1.89. The molecule has 0 aliphatic heterocycles. The monoisotopic (exact) mass is 334 g/mol. The van der Waals surface area contributed by atoms with Gasteiger partial charge in [0.25, 0.3) is 15.9 Å². The molecule has 23 heavy (non-hydrogen) atoms. The zero-order valence-electron chi connectivity index (χ0n) is 13.1. The van der Waals surface area contributed by atoms with E-state index < -0.39 is 15.9 Å². The van der Waals surface area contributed by atoms with E-state index in [1.54, 1.807) is 36.4 Å². The second-order valence-electron chi connectivity index (χ2n) is 4.97. The Morgan fingerprint density at radius 3 is 2.13 bits per heavy atom. The Bertz CT molecular complexity index is 784. The van der Waals surface area contributed by atoms with Gasteiger partial charge in [0.1, 0.15) is 0 Å². The van der Waals surface area contributed by atoms with Crippen LogP contribution in [0.15, 0.2) is 53.4 Å². The van der Waals surface area contributed by atoms with Crippen LogP contribution in [0.1, 0.15) is 15.9 Å². The standard InChI is InChI=1S/C16H18N2O4S/c1-12-4-10-15(11-5-12)23(20,21)18(2)14-8-6-13(7-9-14)16(19)17-22-3/h4-11H,1-3H3,(H,17,19). The first-order valence-electron chi connectivity index (χ1n) is 6.85. The maximum atomic E-state index is 12.6. The van der Waals surface area contributed by atoms with Crippen molar-refractivity contribution in [3.05, 3.63) is 59.7 Å². The molecule has 0 radical (unpaired) electrons. The molecule has 0 spiro atoms. The summed E-state index contributed by atoms with van der Waals surface area (Å²) in [5.74, 6) is -0.400. The number of hydrogen-bond donors (Lipinski definition) is 1. The van der Waals surface area contributed by atoms with Crippen molar-refractivity contribution >= 4 is 21.6 Å². The van der Waals surface area contributed by atoms with Gasteiger partial charge in [-0.3, -0.25) is 13.9 Å². The highest BCUT2D eigenvalue weighted by atomic mass is 32.2. The third kappa shape index (κ3) is 3.69. The molecule has 0 saturated heterocycles. The highest BCUT2D eigenvalue weighted by molar-refractivity contribution is 7.92. The van der Waals surface area contributed by atoms with Crippen LogP contribution in [-0.4, -0.2) is 28.5 Å². The summed E-state index contributed by atoms with van der Waals surface area (Å²) in [5.41, 5.74) is 4.02. The lowest BCUT2D eigenvalue weighted by Crippen LogP contribution is -2.27. The van der Waals surface area contributed by atoms with E-state index >= 15 is 0 Å². The molecule has 0 unspecified atom stereocenters. The van der Waals surface area contributed by atoms with Gasteiger partial charge in [0.05, 0.1) is 17.7 Å². The number of nitrogens with one attached hydrogen (secondary N) is 1. The van der Waals surface area contributed by atoms with E-state index in [4.69, 9.17) is 0 Å². The first-order chi connectivity index (χ1) is 10.9. The van der Waals surface area contributed by atoms with Gasteiger partial charge in [-0.05, 0) is 43.3 Å². The molecule has 0 heterocycles. The van der Waals surface area contributed by atoms with Crippen molar-refractivity contribution in [2.45, 2.75) is 11.8 Å². The second kappa shape index (κ2) is 6.80. The van der Waals surface area contributed by atoms with E-state index in [2.05, 4.69) is 10.3 Å². The van der Waals surface area contributed by atoms with Crippen molar-refractivity contribution in [1.29, 1.82) is 0 Å². The minimum absolute atomic E-state index is 0.215. The first-order valence-corrected chi connectivity index (χ1v) is 8.29. The summed E-state index contributed by atoms with van der Waals surface area (Å²) < 4.78 is 26.4. The maximum absolute atomic E-state index is 12.6. The Morgan fingerprint density at radius 1 is 1.04 bits per heavy atom. The number of hydroxylamine groups is 1. The predicted octanol–water partition coefficient (Wildman–Crippen LogP) is 2.11. The normalized spacial score (nSPS) is 11.1. The minimum atomic E-state index is -3.64. The molecule has 0 fully saturated rings. The van der Waals surface area contributed by atoms with Crippen LogP contribution in [0.3, 0.4) is 0 Å². The number of benzene rings is 2. The molecule has 122 valence electrons. The van der Waals surface area contributed by atoms with E-state index in [1.807, 2.05) is 6.92 Å². The van der Waals surface area contributed by atoms with Gasteiger partial charge in [0.2, 0.25) is 0 Å².